The van der Waals surface area contributed by atoms with Crippen molar-refractivity contribution in [2.75, 3.05) is 25.5 Å². The van der Waals surface area contributed by atoms with Crippen molar-refractivity contribution >= 4 is 11.9 Å². The van der Waals surface area contributed by atoms with Crippen LogP contribution in [0.3, 0.4) is 0 Å². The molecule has 0 radical (unpaired) electrons. The lowest BCUT2D eigenvalue weighted by molar-refractivity contribution is -0.126. The molecule has 1 N–H and O–H groups in total. The van der Waals surface area contributed by atoms with Crippen LogP contribution >= 0.6 is 0 Å². The quantitative estimate of drug-likeness (QED) is 0.735. The van der Waals surface area contributed by atoms with Crippen LogP contribution in [-0.2, 0) is 4.79 Å². The largest absolute Gasteiger partial charge is 0.356 e. The molecule has 1 amide bonds. The van der Waals surface area contributed by atoms with Crippen LogP contribution in [0.2, 0.25) is 0 Å². The number of hydrogen-bond acceptors (Lipinski definition) is 6. The molecule has 2 heterocycles. The summed E-state index contributed by atoms with van der Waals surface area (Å²) in [5, 5.41) is 7.29. The number of hydrogen-bond donors (Lipinski definition) is 1. The number of aromatic nitrogens is 3. The maximum absolute atomic E-state index is 12.5. The average molecular weight is 426 g/mol. The van der Waals surface area contributed by atoms with Gasteiger partial charge in [-0.1, -0.05) is 24.4 Å². The molecule has 7 nitrogen and oxygen atoms in total. The lowest BCUT2D eigenvalue weighted by Crippen LogP contribution is -2.36. The van der Waals surface area contributed by atoms with Gasteiger partial charge in [-0.2, -0.15) is 0 Å². The lowest BCUT2D eigenvalue weighted by atomic mass is 9.79. The fraction of sp³-hybridized carbons (Fsp3) is 0.667. The molecule has 2 saturated carbocycles. The Bertz CT molecular complexity index is 880. The topological polar surface area (TPSA) is 84.2 Å². The highest BCUT2D eigenvalue weighted by Crippen LogP contribution is 2.39. The summed E-state index contributed by atoms with van der Waals surface area (Å²) >= 11 is 0. The Morgan fingerprint density at radius 2 is 1.87 bits per heavy atom. The second kappa shape index (κ2) is 9.79. The van der Waals surface area contributed by atoms with Crippen LogP contribution in [0.25, 0.3) is 11.3 Å². The van der Waals surface area contributed by atoms with Crippen LogP contribution in [-0.4, -0.2) is 41.7 Å². The predicted molar refractivity (Wildman–Crippen MR) is 121 cm³/mol. The van der Waals surface area contributed by atoms with Gasteiger partial charge in [0.05, 0.1) is 17.0 Å². The summed E-state index contributed by atoms with van der Waals surface area (Å²) in [6, 6.07) is 1.95. The fourth-order valence-corrected chi connectivity index (χ4v) is 4.99. The van der Waals surface area contributed by atoms with Gasteiger partial charge in [-0.3, -0.25) is 4.79 Å². The molecule has 0 atom stereocenters. The van der Waals surface area contributed by atoms with Crippen LogP contribution in [0, 0.1) is 18.8 Å². The molecule has 7 heteroatoms. The number of carbonyl (C=O) groups is 1. The van der Waals surface area contributed by atoms with Crippen molar-refractivity contribution in [3.05, 3.63) is 23.7 Å². The second-order valence-corrected chi connectivity index (χ2v) is 9.49. The van der Waals surface area contributed by atoms with Crippen molar-refractivity contribution in [3.63, 3.8) is 0 Å². The Morgan fingerprint density at radius 1 is 1.13 bits per heavy atom. The van der Waals surface area contributed by atoms with E-state index in [1.54, 1.807) is 0 Å². The van der Waals surface area contributed by atoms with Crippen LogP contribution in [0.5, 0.6) is 0 Å². The van der Waals surface area contributed by atoms with Crippen molar-refractivity contribution in [2.45, 2.75) is 70.6 Å². The number of nitrogens with one attached hydrogen (secondary N) is 1. The first-order valence-corrected chi connectivity index (χ1v) is 11.8. The Balaban J connectivity index is 1.39. The average Bonchev–Trinajstić information content (AvgIpc) is 3.24. The monoisotopic (exact) mass is 425 g/mol. The predicted octanol–water partition coefficient (Wildman–Crippen LogP) is 4.48. The molecular formula is C24H35N5O2. The SMILES string of the molecule is Cc1cc(-c2cnc(N(C)C)nc2C2CCC(CNC(=O)C3CCCCC3)CC2)on1. The van der Waals surface area contributed by atoms with E-state index in [1.165, 1.54) is 19.3 Å². The van der Waals surface area contributed by atoms with E-state index in [-0.39, 0.29) is 11.8 Å². The van der Waals surface area contributed by atoms with E-state index in [0.717, 1.165) is 73.7 Å². The van der Waals surface area contributed by atoms with Gasteiger partial charge in [0.1, 0.15) is 0 Å². The zero-order valence-corrected chi connectivity index (χ0v) is 19.1. The van der Waals surface area contributed by atoms with Crippen LogP contribution < -0.4 is 10.2 Å². The Morgan fingerprint density at radius 3 is 2.52 bits per heavy atom. The molecule has 2 aromatic heterocycles. The highest BCUT2D eigenvalue weighted by atomic mass is 16.5. The van der Waals surface area contributed by atoms with E-state index in [9.17, 15) is 4.79 Å². The molecule has 2 aromatic rings. The molecule has 2 fully saturated rings. The van der Waals surface area contributed by atoms with E-state index in [2.05, 4.69) is 15.5 Å². The Kier molecular flexibility index (Phi) is 6.88. The van der Waals surface area contributed by atoms with E-state index in [4.69, 9.17) is 9.51 Å². The number of rotatable bonds is 6. The van der Waals surface area contributed by atoms with Gasteiger partial charge in [0.2, 0.25) is 11.9 Å². The summed E-state index contributed by atoms with van der Waals surface area (Å²) in [5.74, 6) is 2.89. The molecule has 0 spiro atoms. The summed E-state index contributed by atoms with van der Waals surface area (Å²) in [5.41, 5.74) is 2.86. The zero-order chi connectivity index (χ0) is 21.8. The van der Waals surface area contributed by atoms with Gasteiger partial charge in [0.25, 0.3) is 0 Å². The summed E-state index contributed by atoms with van der Waals surface area (Å²) in [7, 11) is 3.92. The van der Waals surface area contributed by atoms with Crippen molar-refractivity contribution in [1.29, 1.82) is 0 Å². The smallest absolute Gasteiger partial charge is 0.225 e. The number of amides is 1. The van der Waals surface area contributed by atoms with Gasteiger partial charge in [-0.05, 0) is 51.4 Å². The highest BCUT2D eigenvalue weighted by molar-refractivity contribution is 5.78. The van der Waals surface area contributed by atoms with Crippen molar-refractivity contribution < 1.29 is 9.32 Å². The molecule has 168 valence electrons. The third kappa shape index (κ3) is 5.25. The van der Waals surface area contributed by atoms with Crippen molar-refractivity contribution in [1.82, 2.24) is 20.4 Å². The molecule has 2 aliphatic rings. The van der Waals surface area contributed by atoms with Gasteiger partial charge in [0.15, 0.2) is 5.76 Å². The van der Waals surface area contributed by atoms with Gasteiger partial charge < -0.3 is 14.7 Å². The fourth-order valence-electron chi connectivity index (χ4n) is 4.99. The molecule has 2 aliphatic carbocycles. The summed E-state index contributed by atoms with van der Waals surface area (Å²) in [6.07, 6.45) is 12.0. The maximum atomic E-state index is 12.5. The molecule has 0 unspecified atom stereocenters. The Labute approximate surface area is 185 Å². The molecule has 0 saturated heterocycles. The minimum Gasteiger partial charge on any atom is -0.356 e. The third-order valence-electron chi connectivity index (χ3n) is 6.87. The highest BCUT2D eigenvalue weighted by Gasteiger charge is 2.28. The number of nitrogens with zero attached hydrogens (tertiary/aromatic N) is 4. The zero-order valence-electron chi connectivity index (χ0n) is 19.1. The molecule has 31 heavy (non-hydrogen) atoms. The van der Waals surface area contributed by atoms with E-state index < -0.39 is 0 Å². The van der Waals surface area contributed by atoms with Crippen LogP contribution in [0.15, 0.2) is 16.8 Å². The minimum absolute atomic E-state index is 0.239. The van der Waals surface area contributed by atoms with Gasteiger partial charge >= 0.3 is 0 Å². The first-order chi connectivity index (χ1) is 15.0. The normalized spacial score (nSPS) is 22.3. The number of aryl methyl sites for hydroxylation is 1. The van der Waals surface area contributed by atoms with Crippen LogP contribution in [0.1, 0.15) is 75.1 Å². The molecular weight excluding hydrogens is 390 g/mol. The third-order valence-corrected chi connectivity index (χ3v) is 6.87. The van der Waals surface area contributed by atoms with Gasteiger partial charge in [-0.15, -0.1) is 0 Å². The summed E-state index contributed by atoms with van der Waals surface area (Å²) in [6.45, 7) is 2.73. The molecule has 0 aromatic carbocycles. The maximum Gasteiger partial charge on any atom is 0.225 e. The van der Waals surface area contributed by atoms with Crippen molar-refractivity contribution in [3.8, 4) is 11.3 Å². The Hall–Kier alpha value is -2.44. The summed E-state index contributed by atoms with van der Waals surface area (Å²) in [4.78, 5) is 23.8. The number of carbonyl (C=O) groups excluding carboxylic acids is 1. The summed E-state index contributed by atoms with van der Waals surface area (Å²) < 4.78 is 5.53. The van der Waals surface area contributed by atoms with E-state index in [0.29, 0.717) is 11.8 Å². The second-order valence-electron chi connectivity index (χ2n) is 9.49. The lowest BCUT2D eigenvalue weighted by Gasteiger charge is -2.30. The number of anilines is 1. The van der Waals surface area contributed by atoms with E-state index in [1.807, 2.05) is 38.2 Å². The first-order valence-electron chi connectivity index (χ1n) is 11.8. The van der Waals surface area contributed by atoms with E-state index >= 15 is 0 Å². The first kappa shape index (κ1) is 21.8. The standard InChI is InChI=1S/C24H35N5O2/c1-16-13-21(31-28-16)20-15-26-24(29(2)3)27-22(20)18-11-9-17(10-12-18)14-25-23(30)19-7-5-4-6-8-19/h13,15,17-19H,4-12,14H2,1-3H3,(H,25,30). The molecule has 0 aliphatic heterocycles. The minimum atomic E-state index is 0.239. The van der Waals surface area contributed by atoms with Gasteiger partial charge in [0, 0.05) is 44.7 Å². The molecule has 0 bridgehead atoms. The van der Waals surface area contributed by atoms with Crippen molar-refractivity contribution in [2.24, 2.45) is 11.8 Å². The van der Waals surface area contributed by atoms with Crippen LogP contribution in [0.4, 0.5) is 5.95 Å². The molecule has 4 rings (SSSR count). The van der Waals surface area contributed by atoms with Gasteiger partial charge in [-0.25, -0.2) is 9.97 Å².